The zero-order chi connectivity index (χ0) is 14.2. The molecule has 21 heavy (non-hydrogen) atoms. The van der Waals surface area contributed by atoms with Gasteiger partial charge < -0.3 is 5.73 Å². The van der Waals surface area contributed by atoms with Crippen LogP contribution in [0.25, 0.3) is 10.9 Å². The highest BCUT2D eigenvalue weighted by Crippen LogP contribution is 2.45. The molecule has 2 nitrogen and oxygen atoms in total. The summed E-state index contributed by atoms with van der Waals surface area (Å²) in [4.78, 5) is 5.91. The molecule has 2 heterocycles. The minimum atomic E-state index is -0.0141. The van der Waals surface area contributed by atoms with Crippen molar-refractivity contribution in [2.24, 2.45) is 5.73 Å². The molecule has 1 aliphatic rings. The Hall–Kier alpha value is -1.84. The standard InChI is InChI=1S/C18H16N2S/c19-17(15-11-21-16-9-2-1-7-13(15)16)14-8-3-5-12-6-4-10-20-18(12)14/h1-10,15,17H,11,19H2. The van der Waals surface area contributed by atoms with Gasteiger partial charge in [0.05, 0.1) is 5.52 Å². The van der Waals surface area contributed by atoms with E-state index >= 15 is 0 Å². The minimum absolute atomic E-state index is 0.0141. The van der Waals surface area contributed by atoms with Crippen LogP contribution in [0.5, 0.6) is 0 Å². The zero-order valence-electron chi connectivity index (χ0n) is 11.6. The molecule has 0 saturated carbocycles. The van der Waals surface area contributed by atoms with Gasteiger partial charge in [-0.05, 0) is 23.3 Å². The molecule has 0 aliphatic carbocycles. The van der Waals surface area contributed by atoms with Gasteiger partial charge in [-0.1, -0.05) is 42.5 Å². The Labute approximate surface area is 128 Å². The van der Waals surface area contributed by atoms with Gasteiger partial charge in [-0.3, -0.25) is 4.98 Å². The maximum Gasteiger partial charge on any atom is 0.0749 e. The lowest BCUT2D eigenvalue weighted by Crippen LogP contribution is -2.20. The lowest BCUT2D eigenvalue weighted by Gasteiger charge is -2.21. The Morgan fingerprint density at radius 3 is 2.86 bits per heavy atom. The molecule has 4 rings (SSSR count). The summed E-state index contributed by atoms with van der Waals surface area (Å²) in [7, 11) is 0. The van der Waals surface area contributed by atoms with Crippen LogP contribution in [0.2, 0.25) is 0 Å². The molecule has 0 bridgehead atoms. The normalized spacial score (nSPS) is 18.6. The van der Waals surface area contributed by atoms with Gasteiger partial charge in [-0.2, -0.15) is 0 Å². The van der Waals surface area contributed by atoms with Gasteiger partial charge in [-0.25, -0.2) is 0 Å². The van der Waals surface area contributed by atoms with Crippen LogP contribution in [-0.4, -0.2) is 10.7 Å². The molecule has 104 valence electrons. The average molecular weight is 292 g/mol. The first-order chi connectivity index (χ1) is 10.3. The number of rotatable bonds is 2. The molecule has 0 saturated heterocycles. The van der Waals surface area contributed by atoms with Crippen molar-refractivity contribution in [3.63, 3.8) is 0 Å². The lowest BCUT2D eigenvalue weighted by atomic mass is 9.88. The van der Waals surface area contributed by atoms with Gasteiger partial charge in [0.25, 0.3) is 0 Å². The number of para-hydroxylation sites is 1. The quantitative estimate of drug-likeness (QED) is 0.772. The van der Waals surface area contributed by atoms with Crippen LogP contribution < -0.4 is 5.73 Å². The van der Waals surface area contributed by atoms with Crippen molar-refractivity contribution in [2.75, 3.05) is 5.75 Å². The maximum absolute atomic E-state index is 6.63. The van der Waals surface area contributed by atoms with Crippen molar-refractivity contribution in [1.82, 2.24) is 4.98 Å². The Kier molecular flexibility index (Phi) is 3.17. The largest absolute Gasteiger partial charge is 0.323 e. The molecule has 1 aromatic heterocycles. The van der Waals surface area contributed by atoms with Gasteiger partial charge in [-0.15, -0.1) is 11.8 Å². The van der Waals surface area contributed by atoms with Crippen molar-refractivity contribution in [3.05, 3.63) is 71.9 Å². The molecule has 0 radical (unpaired) electrons. The van der Waals surface area contributed by atoms with E-state index in [1.54, 1.807) is 0 Å². The van der Waals surface area contributed by atoms with Crippen molar-refractivity contribution in [2.45, 2.75) is 16.9 Å². The summed E-state index contributed by atoms with van der Waals surface area (Å²) < 4.78 is 0. The van der Waals surface area contributed by atoms with Gasteiger partial charge in [0.15, 0.2) is 0 Å². The fraction of sp³-hybridized carbons (Fsp3) is 0.167. The number of aromatic nitrogens is 1. The number of hydrogen-bond donors (Lipinski definition) is 1. The van der Waals surface area contributed by atoms with Crippen LogP contribution in [0.15, 0.2) is 65.7 Å². The van der Waals surface area contributed by atoms with E-state index < -0.39 is 0 Å². The van der Waals surface area contributed by atoms with Gasteiger partial charge in [0.1, 0.15) is 0 Å². The predicted octanol–water partition coefficient (Wildman–Crippen LogP) is 4.12. The highest BCUT2D eigenvalue weighted by Gasteiger charge is 2.29. The number of hydrogen-bond acceptors (Lipinski definition) is 3. The van der Waals surface area contributed by atoms with E-state index in [1.165, 1.54) is 10.5 Å². The van der Waals surface area contributed by atoms with E-state index in [0.29, 0.717) is 5.92 Å². The number of nitrogens with zero attached hydrogens (tertiary/aromatic N) is 1. The first-order valence-corrected chi connectivity index (χ1v) is 8.14. The number of pyridine rings is 1. The Morgan fingerprint density at radius 1 is 1.05 bits per heavy atom. The van der Waals surface area contributed by atoms with E-state index in [0.717, 1.165) is 22.2 Å². The minimum Gasteiger partial charge on any atom is -0.323 e. The predicted molar refractivity (Wildman–Crippen MR) is 88.6 cm³/mol. The summed E-state index contributed by atoms with van der Waals surface area (Å²) in [6.45, 7) is 0. The second-order valence-electron chi connectivity index (χ2n) is 5.40. The third-order valence-electron chi connectivity index (χ3n) is 4.19. The summed E-state index contributed by atoms with van der Waals surface area (Å²) in [6, 6.07) is 18.9. The summed E-state index contributed by atoms with van der Waals surface area (Å²) in [5.41, 5.74) is 10.2. The molecule has 3 heteroatoms. The average Bonchev–Trinajstić information content (AvgIpc) is 2.98. The first kappa shape index (κ1) is 12.9. The molecule has 2 unspecified atom stereocenters. The lowest BCUT2D eigenvalue weighted by molar-refractivity contribution is 0.610. The second-order valence-corrected chi connectivity index (χ2v) is 6.47. The topological polar surface area (TPSA) is 38.9 Å². The molecule has 0 fully saturated rings. The van der Waals surface area contributed by atoms with Crippen LogP contribution in [0.4, 0.5) is 0 Å². The first-order valence-electron chi connectivity index (χ1n) is 7.15. The molecule has 0 spiro atoms. The van der Waals surface area contributed by atoms with Crippen molar-refractivity contribution < 1.29 is 0 Å². The van der Waals surface area contributed by atoms with Crippen molar-refractivity contribution in [1.29, 1.82) is 0 Å². The molecule has 3 aromatic rings. The van der Waals surface area contributed by atoms with E-state index in [4.69, 9.17) is 5.73 Å². The third-order valence-corrected chi connectivity index (χ3v) is 5.40. The van der Waals surface area contributed by atoms with Crippen LogP contribution in [0.3, 0.4) is 0 Å². The van der Waals surface area contributed by atoms with Crippen LogP contribution in [0.1, 0.15) is 23.1 Å². The van der Waals surface area contributed by atoms with Gasteiger partial charge >= 0.3 is 0 Å². The van der Waals surface area contributed by atoms with E-state index in [1.807, 2.05) is 24.0 Å². The number of fused-ring (bicyclic) bond motifs is 2. The Morgan fingerprint density at radius 2 is 1.90 bits per heavy atom. The van der Waals surface area contributed by atoms with Crippen molar-refractivity contribution in [3.8, 4) is 0 Å². The molecular weight excluding hydrogens is 276 g/mol. The van der Waals surface area contributed by atoms with Gasteiger partial charge in [0, 0.05) is 34.2 Å². The summed E-state index contributed by atoms with van der Waals surface area (Å²) in [6.07, 6.45) is 1.84. The highest BCUT2D eigenvalue weighted by molar-refractivity contribution is 7.99. The molecule has 1 aliphatic heterocycles. The monoisotopic (exact) mass is 292 g/mol. The zero-order valence-corrected chi connectivity index (χ0v) is 12.4. The molecule has 0 amide bonds. The Bertz CT molecular complexity index is 795. The highest BCUT2D eigenvalue weighted by atomic mass is 32.2. The number of thioether (sulfide) groups is 1. The summed E-state index contributed by atoms with van der Waals surface area (Å²) in [5.74, 6) is 1.41. The number of benzene rings is 2. The fourth-order valence-corrected chi connectivity index (χ4v) is 4.41. The SMILES string of the molecule is NC(c1cccc2cccnc12)C1CSc2ccccc21. The summed E-state index contributed by atoms with van der Waals surface area (Å²) >= 11 is 1.90. The van der Waals surface area contributed by atoms with Crippen LogP contribution in [-0.2, 0) is 0 Å². The fourth-order valence-electron chi connectivity index (χ4n) is 3.10. The van der Waals surface area contributed by atoms with Crippen LogP contribution in [0, 0.1) is 0 Å². The van der Waals surface area contributed by atoms with E-state index in [9.17, 15) is 0 Å². The molecule has 2 atom stereocenters. The number of nitrogens with two attached hydrogens (primary N) is 1. The van der Waals surface area contributed by atoms with E-state index in [2.05, 4.69) is 53.5 Å². The van der Waals surface area contributed by atoms with Gasteiger partial charge in [0.2, 0.25) is 0 Å². The van der Waals surface area contributed by atoms with Crippen molar-refractivity contribution >= 4 is 22.7 Å². The summed E-state index contributed by atoms with van der Waals surface area (Å²) in [5, 5.41) is 1.16. The second kappa shape index (κ2) is 5.17. The Balaban J connectivity index is 1.80. The molecule has 2 aromatic carbocycles. The smallest absolute Gasteiger partial charge is 0.0749 e. The third kappa shape index (κ3) is 2.13. The maximum atomic E-state index is 6.63. The van der Waals surface area contributed by atoms with E-state index in [-0.39, 0.29) is 6.04 Å². The molecular formula is C18H16N2S. The molecule has 2 N–H and O–H groups in total. The van der Waals surface area contributed by atoms with Crippen LogP contribution >= 0.6 is 11.8 Å².